The van der Waals surface area contributed by atoms with Crippen molar-refractivity contribution in [3.63, 3.8) is 0 Å². The van der Waals surface area contributed by atoms with Crippen LogP contribution in [0, 0.1) is 6.92 Å². The molecule has 9 heteroatoms. The molecule has 1 atom stereocenters. The Morgan fingerprint density at radius 3 is 2.73 bits per heavy atom. The predicted octanol–water partition coefficient (Wildman–Crippen LogP) is 3.58. The van der Waals surface area contributed by atoms with E-state index in [9.17, 15) is 18.0 Å². The summed E-state index contributed by atoms with van der Waals surface area (Å²) in [6.45, 7) is 5.16. The molecule has 142 valence electrons. The zero-order valence-corrected chi connectivity index (χ0v) is 15.4. The van der Waals surface area contributed by atoms with E-state index in [0.29, 0.717) is 34.2 Å². The molecule has 1 fully saturated rings. The number of anilines is 1. The van der Waals surface area contributed by atoms with E-state index in [4.69, 9.17) is 4.74 Å². The molecule has 2 aliphatic rings. The highest BCUT2D eigenvalue weighted by Gasteiger charge is 2.42. The molecule has 0 aromatic carbocycles. The molecule has 0 bridgehead atoms. The van der Waals surface area contributed by atoms with Crippen molar-refractivity contribution in [2.45, 2.75) is 32.0 Å². The Morgan fingerprint density at radius 2 is 2.15 bits per heavy atom. The molecule has 0 radical (unpaired) electrons. The van der Waals surface area contributed by atoms with Gasteiger partial charge in [-0.15, -0.1) is 11.3 Å². The fourth-order valence-corrected chi connectivity index (χ4v) is 4.49. The van der Waals surface area contributed by atoms with Gasteiger partial charge in [0.25, 0.3) is 5.91 Å². The highest BCUT2D eigenvalue weighted by molar-refractivity contribution is 7.18. The summed E-state index contributed by atoms with van der Waals surface area (Å²) < 4.78 is 44.7. The summed E-state index contributed by atoms with van der Waals surface area (Å²) in [7, 11) is 1.61. The number of fused-ring (bicyclic) bond motifs is 1. The number of carbonyl (C=O) groups excluding carboxylic acids is 1. The minimum atomic E-state index is -4.51. The second-order valence-electron chi connectivity index (χ2n) is 6.33. The molecule has 1 aromatic heterocycles. The van der Waals surface area contributed by atoms with Crippen LogP contribution in [-0.2, 0) is 4.74 Å². The van der Waals surface area contributed by atoms with Crippen LogP contribution in [0.5, 0.6) is 0 Å². The Bertz CT molecular complexity index is 751. The molecule has 1 unspecified atom stereocenters. The monoisotopic (exact) mass is 387 g/mol. The minimum Gasteiger partial charge on any atom is -0.376 e. The Hall–Kier alpha value is -1.87. The van der Waals surface area contributed by atoms with Crippen molar-refractivity contribution >= 4 is 28.5 Å². The SMILES string of the molecule is C=C1N(CC(F)(F)F)C(=O)c2c(sc(/C=N/C)c2C)N1CC1CCCO1. The van der Waals surface area contributed by atoms with E-state index >= 15 is 0 Å². The number of carbonyl (C=O) groups is 1. The number of hydrogen-bond acceptors (Lipinski definition) is 5. The maximum atomic E-state index is 13.0. The van der Waals surface area contributed by atoms with Crippen molar-refractivity contribution in [2.75, 3.05) is 31.6 Å². The molecular weight excluding hydrogens is 367 g/mol. The Morgan fingerprint density at radius 1 is 1.42 bits per heavy atom. The maximum absolute atomic E-state index is 13.0. The van der Waals surface area contributed by atoms with Gasteiger partial charge in [-0.25, -0.2) is 0 Å². The van der Waals surface area contributed by atoms with Crippen molar-refractivity contribution in [3.8, 4) is 0 Å². The molecule has 2 aliphatic heterocycles. The van der Waals surface area contributed by atoms with Crippen molar-refractivity contribution in [3.05, 3.63) is 28.4 Å². The highest BCUT2D eigenvalue weighted by atomic mass is 32.1. The van der Waals surface area contributed by atoms with Crippen LogP contribution in [0.2, 0.25) is 0 Å². The average Bonchev–Trinajstić information content (AvgIpc) is 3.16. The van der Waals surface area contributed by atoms with Gasteiger partial charge in [-0.2, -0.15) is 13.2 Å². The molecule has 0 saturated carbocycles. The summed E-state index contributed by atoms with van der Waals surface area (Å²) in [5, 5.41) is 0.612. The van der Waals surface area contributed by atoms with Crippen LogP contribution in [0.1, 0.15) is 33.6 Å². The van der Waals surface area contributed by atoms with Crippen LogP contribution >= 0.6 is 11.3 Å². The first kappa shape index (κ1) is 18.9. The fourth-order valence-electron chi connectivity index (χ4n) is 3.24. The molecule has 1 amide bonds. The van der Waals surface area contributed by atoms with Gasteiger partial charge in [-0.3, -0.25) is 14.7 Å². The zero-order valence-electron chi connectivity index (χ0n) is 14.6. The van der Waals surface area contributed by atoms with Crippen LogP contribution < -0.4 is 4.90 Å². The lowest BCUT2D eigenvalue weighted by atomic mass is 10.1. The summed E-state index contributed by atoms with van der Waals surface area (Å²) in [4.78, 5) is 19.9. The van der Waals surface area contributed by atoms with E-state index in [2.05, 4.69) is 11.6 Å². The number of nitrogens with zero attached hydrogens (tertiary/aromatic N) is 3. The quantitative estimate of drug-likeness (QED) is 0.742. The summed E-state index contributed by atoms with van der Waals surface area (Å²) in [5.74, 6) is -0.632. The second kappa shape index (κ2) is 7.03. The third-order valence-electron chi connectivity index (χ3n) is 4.49. The first-order valence-electron chi connectivity index (χ1n) is 8.25. The number of ether oxygens (including phenoxy) is 1. The fraction of sp³-hybridized carbons (Fsp3) is 0.529. The summed E-state index contributed by atoms with van der Waals surface area (Å²) in [5.41, 5.74) is 0.928. The molecule has 26 heavy (non-hydrogen) atoms. The lowest BCUT2D eigenvalue weighted by molar-refractivity contribution is -0.137. The third-order valence-corrected chi connectivity index (χ3v) is 5.74. The van der Waals surface area contributed by atoms with E-state index in [-0.39, 0.29) is 11.9 Å². The zero-order chi connectivity index (χ0) is 19.1. The standard InChI is InChI=1S/C17H20F3N3O2S/c1-10-13(7-21-3)26-16-14(10)15(24)23(9-17(18,19)20)11(2)22(16)8-12-5-4-6-25-12/h7,12H,2,4-6,8-9H2,1,3H3/b21-7+. The number of aliphatic imine (C=N–C) groups is 1. The highest BCUT2D eigenvalue weighted by Crippen LogP contribution is 2.43. The summed E-state index contributed by atoms with van der Waals surface area (Å²) in [6.07, 6.45) is -1.23. The maximum Gasteiger partial charge on any atom is 0.406 e. The van der Waals surface area contributed by atoms with Gasteiger partial charge in [0.2, 0.25) is 0 Å². The second-order valence-corrected chi connectivity index (χ2v) is 7.36. The molecule has 5 nitrogen and oxygen atoms in total. The number of hydrogen-bond donors (Lipinski definition) is 0. The van der Waals surface area contributed by atoms with Gasteiger partial charge in [-0.1, -0.05) is 6.58 Å². The van der Waals surface area contributed by atoms with Crippen molar-refractivity contribution in [2.24, 2.45) is 4.99 Å². The van der Waals surface area contributed by atoms with E-state index in [1.165, 1.54) is 11.3 Å². The third kappa shape index (κ3) is 3.50. The van der Waals surface area contributed by atoms with Gasteiger partial charge in [0, 0.05) is 19.9 Å². The topological polar surface area (TPSA) is 45.1 Å². The number of amides is 1. The molecule has 1 aromatic rings. The predicted molar refractivity (Wildman–Crippen MR) is 95.1 cm³/mol. The first-order chi connectivity index (χ1) is 12.2. The van der Waals surface area contributed by atoms with Gasteiger partial charge >= 0.3 is 6.18 Å². The van der Waals surface area contributed by atoms with Crippen LogP contribution in [0.25, 0.3) is 0 Å². The van der Waals surface area contributed by atoms with Crippen LogP contribution in [-0.4, -0.2) is 56.0 Å². The molecule has 0 N–H and O–H groups in total. The molecule has 3 heterocycles. The van der Waals surface area contributed by atoms with Gasteiger partial charge < -0.3 is 9.64 Å². The first-order valence-corrected chi connectivity index (χ1v) is 9.06. The van der Waals surface area contributed by atoms with Crippen molar-refractivity contribution in [1.82, 2.24) is 4.90 Å². The minimum absolute atomic E-state index is 0.0385. The van der Waals surface area contributed by atoms with Gasteiger partial charge in [-0.05, 0) is 25.3 Å². The number of thiophene rings is 1. The Balaban J connectivity index is 2.04. The summed E-state index contributed by atoms with van der Waals surface area (Å²) in [6, 6.07) is 0. The molecule has 0 spiro atoms. The van der Waals surface area contributed by atoms with E-state index in [1.807, 2.05) is 0 Å². The molecule has 1 saturated heterocycles. The smallest absolute Gasteiger partial charge is 0.376 e. The van der Waals surface area contributed by atoms with Crippen LogP contribution in [0.15, 0.2) is 17.4 Å². The van der Waals surface area contributed by atoms with E-state index < -0.39 is 18.6 Å². The lowest BCUT2D eigenvalue weighted by Crippen LogP contribution is -2.49. The lowest BCUT2D eigenvalue weighted by Gasteiger charge is -2.39. The Kier molecular flexibility index (Phi) is 5.12. The largest absolute Gasteiger partial charge is 0.406 e. The normalized spacial score (nSPS) is 21.2. The van der Waals surface area contributed by atoms with Crippen molar-refractivity contribution < 1.29 is 22.7 Å². The van der Waals surface area contributed by atoms with Gasteiger partial charge in [0.15, 0.2) is 0 Å². The average molecular weight is 387 g/mol. The number of alkyl halides is 3. The summed E-state index contributed by atoms with van der Waals surface area (Å²) >= 11 is 1.34. The van der Waals surface area contributed by atoms with E-state index in [0.717, 1.165) is 17.7 Å². The molecule has 3 rings (SSSR count). The molecular formula is C17H20F3N3O2S. The number of rotatable bonds is 4. The molecule has 0 aliphatic carbocycles. The van der Waals surface area contributed by atoms with Gasteiger partial charge in [0.05, 0.1) is 23.1 Å². The van der Waals surface area contributed by atoms with Gasteiger partial charge in [0.1, 0.15) is 17.4 Å². The van der Waals surface area contributed by atoms with E-state index in [1.54, 1.807) is 25.1 Å². The Labute approximate surface area is 153 Å². The van der Waals surface area contributed by atoms with Crippen molar-refractivity contribution in [1.29, 1.82) is 0 Å². The van der Waals surface area contributed by atoms with Crippen LogP contribution in [0.3, 0.4) is 0 Å². The van der Waals surface area contributed by atoms with Crippen LogP contribution in [0.4, 0.5) is 18.2 Å². The number of halogens is 3.